The summed E-state index contributed by atoms with van der Waals surface area (Å²) >= 11 is 0. The van der Waals surface area contributed by atoms with Gasteiger partial charge in [-0.3, -0.25) is 4.79 Å². The molecule has 0 saturated heterocycles. The van der Waals surface area contributed by atoms with E-state index in [1.807, 2.05) is 13.0 Å². The number of nitrogens with zero attached hydrogens (tertiary/aromatic N) is 2. The Bertz CT molecular complexity index is 710. The Morgan fingerprint density at radius 1 is 1.43 bits per heavy atom. The Morgan fingerprint density at radius 2 is 2.24 bits per heavy atom. The number of aliphatic hydroxyl groups is 1. The summed E-state index contributed by atoms with van der Waals surface area (Å²) in [6.07, 6.45) is 0. The fourth-order valence-electron chi connectivity index (χ4n) is 1.76. The van der Waals surface area contributed by atoms with Crippen LogP contribution in [0.25, 0.3) is 0 Å². The zero-order valence-electron chi connectivity index (χ0n) is 11.8. The second kappa shape index (κ2) is 6.68. The third kappa shape index (κ3) is 3.91. The number of nitrogens with one attached hydrogen (secondary N) is 1. The zero-order chi connectivity index (χ0) is 15.2. The zero-order valence-corrected chi connectivity index (χ0v) is 11.8. The van der Waals surface area contributed by atoms with Gasteiger partial charge in [-0.05, 0) is 24.6 Å². The predicted octanol–water partition coefficient (Wildman–Crippen LogP) is 0.960. The summed E-state index contributed by atoms with van der Waals surface area (Å²) in [4.78, 5) is 16.2. The Kier molecular flexibility index (Phi) is 4.69. The number of aliphatic hydroxyl groups excluding tert-OH is 1. The summed E-state index contributed by atoms with van der Waals surface area (Å²) in [5.74, 6) is 5.91. The second-order valence-corrected chi connectivity index (χ2v) is 4.42. The molecule has 0 bridgehead atoms. The van der Waals surface area contributed by atoms with Gasteiger partial charge in [-0.25, -0.2) is 0 Å². The highest BCUT2D eigenvalue weighted by Gasteiger charge is 2.11. The van der Waals surface area contributed by atoms with Crippen molar-refractivity contribution in [1.82, 2.24) is 15.5 Å². The number of carbonyl (C=O) groups excluding carboxylic acids is 1. The number of rotatable bonds is 3. The van der Waals surface area contributed by atoms with Crippen molar-refractivity contribution in [3.63, 3.8) is 0 Å². The van der Waals surface area contributed by atoms with Gasteiger partial charge >= 0.3 is 0 Å². The molecule has 0 aliphatic heterocycles. The van der Waals surface area contributed by atoms with E-state index in [-0.39, 0.29) is 19.1 Å². The fraction of sp³-hybridized carbons (Fsp3) is 0.267. The smallest absolute Gasteiger partial charge is 0.252 e. The van der Waals surface area contributed by atoms with E-state index in [9.17, 15) is 4.79 Å². The fourth-order valence-corrected chi connectivity index (χ4v) is 1.76. The minimum Gasteiger partial charge on any atom is -0.384 e. The standard InChI is InChI=1S/C15H15N3O3/c1-10-5-6-13(12(8-10)4-3-7-19)15(20)16-9-14-17-11(2)21-18-14/h5-6,8,19H,7,9H2,1-2H3,(H,16,20). The summed E-state index contributed by atoms with van der Waals surface area (Å²) in [7, 11) is 0. The normalized spacial score (nSPS) is 9.86. The third-order valence-corrected chi connectivity index (χ3v) is 2.70. The van der Waals surface area contributed by atoms with Crippen molar-refractivity contribution in [3.8, 4) is 11.8 Å². The minimum absolute atomic E-state index is 0.177. The van der Waals surface area contributed by atoms with Crippen LogP contribution >= 0.6 is 0 Å². The van der Waals surface area contributed by atoms with Crippen LogP contribution in [0, 0.1) is 25.7 Å². The van der Waals surface area contributed by atoms with Crippen LogP contribution in [0.4, 0.5) is 0 Å². The molecule has 2 rings (SSSR count). The molecular weight excluding hydrogens is 270 g/mol. The molecule has 0 aliphatic rings. The highest BCUT2D eigenvalue weighted by molar-refractivity contribution is 5.96. The highest BCUT2D eigenvalue weighted by Crippen LogP contribution is 2.11. The Balaban J connectivity index is 2.14. The lowest BCUT2D eigenvalue weighted by atomic mass is 10.0. The average molecular weight is 285 g/mol. The van der Waals surface area contributed by atoms with E-state index in [0.29, 0.717) is 22.8 Å². The molecule has 0 unspecified atom stereocenters. The molecule has 21 heavy (non-hydrogen) atoms. The van der Waals surface area contributed by atoms with Gasteiger partial charge in [-0.1, -0.05) is 23.1 Å². The number of hydrogen-bond acceptors (Lipinski definition) is 5. The van der Waals surface area contributed by atoms with E-state index in [1.165, 1.54) is 0 Å². The first-order valence-corrected chi connectivity index (χ1v) is 6.38. The van der Waals surface area contributed by atoms with Gasteiger partial charge in [0.1, 0.15) is 6.61 Å². The number of hydrogen-bond donors (Lipinski definition) is 2. The lowest BCUT2D eigenvalue weighted by molar-refractivity contribution is 0.0949. The van der Waals surface area contributed by atoms with Crippen LogP contribution in [0.2, 0.25) is 0 Å². The van der Waals surface area contributed by atoms with Crippen molar-refractivity contribution < 1.29 is 14.4 Å². The maximum atomic E-state index is 12.2. The molecule has 1 aromatic heterocycles. The molecule has 1 aromatic carbocycles. The Morgan fingerprint density at radius 3 is 2.90 bits per heavy atom. The monoisotopic (exact) mass is 285 g/mol. The van der Waals surface area contributed by atoms with Crippen LogP contribution in [0.5, 0.6) is 0 Å². The van der Waals surface area contributed by atoms with Crippen molar-refractivity contribution in [3.05, 3.63) is 46.6 Å². The summed E-state index contributed by atoms with van der Waals surface area (Å²) in [6.45, 7) is 3.52. The van der Waals surface area contributed by atoms with Crippen LogP contribution in [-0.2, 0) is 6.54 Å². The molecule has 0 radical (unpaired) electrons. The summed E-state index contributed by atoms with van der Waals surface area (Å²) in [5.41, 5.74) is 2.01. The van der Waals surface area contributed by atoms with Gasteiger partial charge in [-0.2, -0.15) is 4.98 Å². The van der Waals surface area contributed by atoms with Gasteiger partial charge in [0.05, 0.1) is 12.1 Å². The average Bonchev–Trinajstić information content (AvgIpc) is 2.88. The van der Waals surface area contributed by atoms with Crippen molar-refractivity contribution in [2.75, 3.05) is 6.61 Å². The molecule has 6 nitrogen and oxygen atoms in total. The molecule has 1 amide bonds. The second-order valence-electron chi connectivity index (χ2n) is 4.42. The summed E-state index contributed by atoms with van der Waals surface area (Å²) in [6, 6.07) is 5.33. The first-order chi connectivity index (χ1) is 10.1. The third-order valence-electron chi connectivity index (χ3n) is 2.70. The first-order valence-electron chi connectivity index (χ1n) is 6.38. The molecule has 0 fully saturated rings. The van der Waals surface area contributed by atoms with Gasteiger partial charge in [0, 0.05) is 12.5 Å². The molecular formula is C15H15N3O3. The largest absolute Gasteiger partial charge is 0.384 e. The Labute approximate surface area is 122 Å². The quantitative estimate of drug-likeness (QED) is 0.820. The van der Waals surface area contributed by atoms with Crippen molar-refractivity contribution in [1.29, 1.82) is 0 Å². The van der Waals surface area contributed by atoms with Gasteiger partial charge in [-0.15, -0.1) is 0 Å². The predicted molar refractivity (Wildman–Crippen MR) is 75.3 cm³/mol. The first kappa shape index (κ1) is 14.8. The van der Waals surface area contributed by atoms with E-state index < -0.39 is 0 Å². The lowest BCUT2D eigenvalue weighted by Gasteiger charge is -2.06. The van der Waals surface area contributed by atoms with Gasteiger partial charge in [0.25, 0.3) is 5.91 Å². The SMILES string of the molecule is Cc1ccc(C(=O)NCc2noc(C)n2)c(C#CCO)c1. The van der Waals surface area contributed by atoms with Crippen molar-refractivity contribution in [2.24, 2.45) is 0 Å². The summed E-state index contributed by atoms with van der Waals surface area (Å²) in [5, 5.41) is 15.2. The van der Waals surface area contributed by atoms with E-state index in [0.717, 1.165) is 5.56 Å². The van der Waals surface area contributed by atoms with E-state index in [2.05, 4.69) is 27.3 Å². The van der Waals surface area contributed by atoms with E-state index >= 15 is 0 Å². The molecule has 0 aliphatic carbocycles. The number of benzene rings is 1. The summed E-state index contributed by atoms with van der Waals surface area (Å²) < 4.78 is 4.83. The molecule has 0 atom stereocenters. The minimum atomic E-state index is -0.278. The van der Waals surface area contributed by atoms with Crippen LogP contribution < -0.4 is 5.32 Å². The van der Waals surface area contributed by atoms with Crippen LogP contribution in [0.3, 0.4) is 0 Å². The molecule has 2 aromatic rings. The van der Waals surface area contributed by atoms with E-state index in [1.54, 1.807) is 19.1 Å². The molecule has 108 valence electrons. The lowest BCUT2D eigenvalue weighted by Crippen LogP contribution is -2.24. The number of aryl methyl sites for hydroxylation is 2. The molecule has 0 saturated carbocycles. The van der Waals surface area contributed by atoms with Crippen molar-refractivity contribution in [2.45, 2.75) is 20.4 Å². The number of aromatic nitrogens is 2. The molecule has 2 N–H and O–H groups in total. The molecule has 1 heterocycles. The Hall–Kier alpha value is -2.65. The van der Waals surface area contributed by atoms with Gasteiger partial charge in [0.15, 0.2) is 5.82 Å². The van der Waals surface area contributed by atoms with Crippen molar-refractivity contribution >= 4 is 5.91 Å². The molecule has 0 spiro atoms. The number of carbonyl (C=O) groups is 1. The van der Waals surface area contributed by atoms with Crippen LogP contribution in [-0.4, -0.2) is 27.8 Å². The van der Waals surface area contributed by atoms with Crippen LogP contribution in [0.15, 0.2) is 22.7 Å². The van der Waals surface area contributed by atoms with E-state index in [4.69, 9.17) is 9.63 Å². The van der Waals surface area contributed by atoms with Gasteiger partial charge < -0.3 is 14.9 Å². The van der Waals surface area contributed by atoms with Crippen LogP contribution in [0.1, 0.15) is 33.2 Å². The maximum Gasteiger partial charge on any atom is 0.252 e. The maximum absolute atomic E-state index is 12.2. The number of amides is 1. The van der Waals surface area contributed by atoms with Gasteiger partial charge in [0.2, 0.25) is 5.89 Å². The topological polar surface area (TPSA) is 88.3 Å². The highest BCUT2D eigenvalue weighted by atomic mass is 16.5. The molecule has 6 heteroatoms.